The lowest BCUT2D eigenvalue weighted by Crippen LogP contribution is -2.47. The number of likely N-dealkylation sites (tertiary alicyclic amines) is 1. The van der Waals surface area contributed by atoms with Crippen LogP contribution in [0.5, 0.6) is 11.5 Å². The Morgan fingerprint density at radius 2 is 1.96 bits per heavy atom. The summed E-state index contributed by atoms with van der Waals surface area (Å²) in [5, 5.41) is 0. The highest BCUT2D eigenvalue weighted by Gasteiger charge is 2.36. The Bertz CT molecular complexity index is 613. The predicted molar refractivity (Wildman–Crippen MR) is 84.6 cm³/mol. The first-order valence-corrected chi connectivity index (χ1v) is 8.15. The molecule has 2 aliphatic heterocycles. The van der Waals surface area contributed by atoms with Crippen LogP contribution in [0.3, 0.4) is 0 Å². The van der Waals surface area contributed by atoms with Gasteiger partial charge >= 0.3 is 0 Å². The van der Waals surface area contributed by atoms with E-state index in [0.29, 0.717) is 36.7 Å². The summed E-state index contributed by atoms with van der Waals surface area (Å²) < 4.78 is 10.6. The van der Waals surface area contributed by atoms with E-state index < -0.39 is 0 Å². The van der Waals surface area contributed by atoms with Gasteiger partial charge in [0.15, 0.2) is 11.5 Å². The standard InChI is InChI=1S/C17H22N2O4/c1-3-18(4-2)17(21)13-6-5-9-19(13)16(20)12-7-8-14-15(10-12)23-11-22-14/h7-8,10,13H,3-6,9,11H2,1-2H3/t13-/m0/s1. The van der Waals surface area contributed by atoms with Gasteiger partial charge in [-0.15, -0.1) is 0 Å². The van der Waals surface area contributed by atoms with Gasteiger partial charge in [-0.2, -0.15) is 0 Å². The van der Waals surface area contributed by atoms with E-state index in [9.17, 15) is 9.59 Å². The van der Waals surface area contributed by atoms with E-state index in [1.54, 1.807) is 28.0 Å². The van der Waals surface area contributed by atoms with Crippen molar-refractivity contribution in [2.24, 2.45) is 0 Å². The summed E-state index contributed by atoms with van der Waals surface area (Å²) in [6.45, 7) is 6.04. The Balaban J connectivity index is 1.79. The van der Waals surface area contributed by atoms with Gasteiger partial charge < -0.3 is 19.3 Å². The summed E-state index contributed by atoms with van der Waals surface area (Å²) >= 11 is 0. The number of amides is 2. The third-order valence-corrected chi connectivity index (χ3v) is 4.49. The summed E-state index contributed by atoms with van der Waals surface area (Å²) in [5.41, 5.74) is 0.536. The predicted octanol–water partition coefficient (Wildman–Crippen LogP) is 1.89. The number of fused-ring (bicyclic) bond motifs is 1. The van der Waals surface area contributed by atoms with Crippen molar-refractivity contribution < 1.29 is 19.1 Å². The van der Waals surface area contributed by atoms with Crippen LogP contribution in [0, 0.1) is 0 Å². The van der Waals surface area contributed by atoms with Crippen LogP contribution in [0.1, 0.15) is 37.0 Å². The van der Waals surface area contributed by atoms with Crippen LogP contribution in [0.25, 0.3) is 0 Å². The molecule has 6 heteroatoms. The lowest BCUT2D eigenvalue weighted by atomic mass is 10.1. The Hall–Kier alpha value is -2.24. The molecule has 1 aromatic rings. The van der Waals surface area contributed by atoms with Gasteiger partial charge in [0.2, 0.25) is 12.7 Å². The molecule has 0 radical (unpaired) electrons. The number of hydrogen-bond acceptors (Lipinski definition) is 4. The first-order chi connectivity index (χ1) is 11.2. The molecule has 0 saturated carbocycles. The molecule has 0 bridgehead atoms. The number of carbonyl (C=O) groups is 2. The molecule has 1 atom stereocenters. The molecule has 2 heterocycles. The van der Waals surface area contributed by atoms with Gasteiger partial charge in [-0.05, 0) is 44.9 Å². The Morgan fingerprint density at radius 1 is 1.22 bits per heavy atom. The lowest BCUT2D eigenvalue weighted by Gasteiger charge is -2.29. The SMILES string of the molecule is CCN(CC)C(=O)[C@@H]1CCCN1C(=O)c1ccc2c(c1)OCO2. The summed E-state index contributed by atoms with van der Waals surface area (Å²) in [4.78, 5) is 28.9. The van der Waals surface area contributed by atoms with Crippen LogP contribution in [0.15, 0.2) is 18.2 Å². The van der Waals surface area contributed by atoms with Crippen LogP contribution >= 0.6 is 0 Å². The average Bonchev–Trinajstić information content (AvgIpc) is 3.23. The van der Waals surface area contributed by atoms with Crippen molar-refractivity contribution in [1.29, 1.82) is 0 Å². The molecule has 1 saturated heterocycles. The van der Waals surface area contributed by atoms with E-state index in [0.717, 1.165) is 12.8 Å². The van der Waals surface area contributed by atoms with Gasteiger partial charge in [0, 0.05) is 25.2 Å². The maximum atomic E-state index is 12.8. The van der Waals surface area contributed by atoms with Crippen molar-refractivity contribution in [3.63, 3.8) is 0 Å². The van der Waals surface area contributed by atoms with Crippen molar-refractivity contribution in [1.82, 2.24) is 9.80 Å². The topological polar surface area (TPSA) is 59.1 Å². The number of carbonyl (C=O) groups excluding carboxylic acids is 2. The molecule has 2 aliphatic rings. The molecule has 0 aromatic heterocycles. The largest absolute Gasteiger partial charge is 0.454 e. The van der Waals surface area contributed by atoms with Crippen LogP contribution in [0.2, 0.25) is 0 Å². The van der Waals surface area contributed by atoms with Gasteiger partial charge in [-0.3, -0.25) is 9.59 Å². The van der Waals surface area contributed by atoms with E-state index in [-0.39, 0.29) is 24.6 Å². The van der Waals surface area contributed by atoms with Gasteiger partial charge in [0.1, 0.15) is 6.04 Å². The fraction of sp³-hybridized carbons (Fsp3) is 0.529. The molecule has 124 valence electrons. The maximum absolute atomic E-state index is 12.8. The highest BCUT2D eigenvalue weighted by atomic mass is 16.7. The molecular weight excluding hydrogens is 296 g/mol. The molecule has 0 spiro atoms. The summed E-state index contributed by atoms with van der Waals surface area (Å²) in [7, 11) is 0. The zero-order valence-electron chi connectivity index (χ0n) is 13.6. The quantitative estimate of drug-likeness (QED) is 0.850. The van der Waals surface area contributed by atoms with Gasteiger partial charge in [-0.25, -0.2) is 0 Å². The smallest absolute Gasteiger partial charge is 0.254 e. The second-order valence-electron chi connectivity index (χ2n) is 5.74. The monoisotopic (exact) mass is 318 g/mol. The van der Waals surface area contributed by atoms with Crippen molar-refractivity contribution in [2.45, 2.75) is 32.7 Å². The molecule has 3 rings (SSSR count). The van der Waals surface area contributed by atoms with Crippen LogP contribution in [0.4, 0.5) is 0 Å². The average molecular weight is 318 g/mol. The number of rotatable bonds is 4. The van der Waals surface area contributed by atoms with Crippen LogP contribution in [-0.2, 0) is 4.79 Å². The number of ether oxygens (including phenoxy) is 2. The van der Waals surface area contributed by atoms with Gasteiger partial charge in [0.25, 0.3) is 5.91 Å². The zero-order chi connectivity index (χ0) is 16.4. The highest BCUT2D eigenvalue weighted by molar-refractivity contribution is 5.98. The van der Waals surface area contributed by atoms with E-state index in [1.807, 2.05) is 13.8 Å². The minimum Gasteiger partial charge on any atom is -0.454 e. The highest BCUT2D eigenvalue weighted by Crippen LogP contribution is 2.33. The van der Waals surface area contributed by atoms with Crippen molar-refractivity contribution in [3.05, 3.63) is 23.8 Å². The Kier molecular flexibility index (Phi) is 4.41. The first-order valence-electron chi connectivity index (χ1n) is 8.15. The summed E-state index contributed by atoms with van der Waals surface area (Å²) in [6.07, 6.45) is 1.58. The van der Waals surface area contributed by atoms with Crippen molar-refractivity contribution in [2.75, 3.05) is 26.4 Å². The molecule has 0 N–H and O–H groups in total. The minimum absolute atomic E-state index is 0.0431. The summed E-state index contributed by atoms with van der Waals surface area (Å²) in [5.74, 6) is 1.16. The molecular formula is C17H22N2O4. The maximum Gasteiger partial charge on any atom is 0.254 e. The van der Waals surface area contributed by atoms with E-state index in [1.165, 1.54) is 0 Å². The molecule has 6 nitrogen and oxygen atoms in total. The lowest BCUT2D eigenvalue weighted by molar-refractivity contribution is -0.134. The Labute approximate surface area is 136 Å². The van der Waals surface area contributed by atoms with E-state index in [2.05, 4.69) is 0 Å². The van der Waals surface area contributed by atoms with Crippen molar-refractivity contribution in [3.8, 4) is 11.5 Å². The minimum atomic E-state index is -0.354. The normalized spacial score (nSPS) is 19.0. The molecule has 0 unspecified atom stereocenters. The van der Waals surface area contributed by atoms with E-state index >= 15 is 0 Å². The van der Waals surface area contributed by atoms with E-state index in [4.69, 9.17) is 9.47 Å². The molecule has 1 aromatic carbocycles. The van der Waals surface area contributed by atoms with Gasteiger partial charge in [0.05, 0.1) is 0 Å². The zero-order valence-corrected chi connectivity index (χ0v) is 13.6. The fourth-order valence-electron chi connectivity index (χ4n) is 3.21. The second kappa shape index (κ2) is 6.48. The fourth-order valence-corrected chi connectivity index (χ4v) is 3.21. The second-order valence-corrected chi connectivity index (χ2v) is 5.74. The number of hydrogen-bond donors (Lipinski definition) is 0. The number of benzene rings is 1. The number of nitrogens with zero attached hydrogens (tertiary/aromatic N) is 2. The molecule has 0 aliphatic carbocycles. The molecule has 23 heavy (non-hydrogen) atoms. The number of likely N-dealkylation sites (N-methyl/N-ethyl adjacent to an activating group) is 1. The van der Waals surface area contributed by atoms with Crippen molar-refractivity contribution >= 4 is 11.8 Å². The first kappa shape index (κ1) is 15.6. The third-order valence-electron chi connectivity index (χ3n) is 4.49. The third kappa shape index (κ3) is 2.85. The molecule has 2 amide bonds. The van der Waals surface area contributed by atoms with Crippen LogP contribution < -0.4 is 9.47 Å². The van der Waals surface area contributed by atoms with Gasteiger partial charge in [-0.1, -0.05) is 0 Å². The van der Waals surface area contributed by atoms with Crippen LogP contribution in [-0.4, -0.2) is 54.1 Å². The Morgan fingerprint density at radius 3 is 2.70 bits per heavy atom. The molecule has 1 fully saturated rings. The summed E-state index contributed by atoms with van der Waals surface area (Å²) in [6, 6.07) is 4.81.